The van der Waals surface area contributed by atoms with Gasteiger partial charge in [-0.2, -0.15) is 0 Å². The number of nitrogens with zero attached hydrogens (tertiary/aromatic N) is 1. The van der Waals surface area contributed by atoms with E-state index in [0.29, 0.717) is 6.54 Å². The summed E-state index contributed by atoms with van der Waals surface area (Å²) < 4.78 is 0. The Balaban J connectivity index is 1.41. The smallest absolute Gasteiger partial charge is 0.255 e. The molecule has 4 aromatic carbocycles. The number of carbonyl (C=O) groups is 1. The van der Waals surface area contributed by atoms with Crippen molar-refractivity contribution >= 4 is 5.91 Å². The monoisotopic (exact) mass is 415 g/mol. The minimum atomic E-state index is 0.139. The van der Waals surface area contributed by atoms with Crippen LogP contribution >= 0.6 is 0 Å². The molecule has 0 fully saturated rings. The molecule has 0 unspecified atom stereocenters. The third-order valence-electron chi connectivity index (χ3n) is 6.98. The van der Waals surface area contributed by atoms with Crippen molar-refractivity contribution in [3.05, 3.63) is 130 Å². The van der Waals surface area contributed by atoms with Crippen LogP contribution in [0.5, 0.6) is 0 Å². The van der Waals surface area contributed by atoms with E-state index < -0.39 is 0 Å². The van der Waals surface area contributed by atoms with Gasteiger partial charge in [-0.15, -0.1) is 0 Å². The van der Waals surface area contributed by atoms with Crippen LogP contribution in [0.15, 0.2) is 97.1 Å². The molecule has 0 spiro atoms. The maximum Gasteiger partial charge on any atom is 0.255 e. The van der Waals surface area contributed by atoms with Gasteiger partial charge in [0.25, 0.3) is 5.91 Å². The Morgan fingerprint density at radius 1 is 0.688 bits per heavy atom. The van der Waals surface area contributed by atoms with Crippen molar-refractivity contribution < 1.29 is 4.79 Å². The zero-order chi connectivity index (χ0) is 21.5. The van der Waals surface area contributed by atoms with Crippen LogP contribution in [0.2, 0.25) is 0 Å². The summed E-state index contributed by atoms with van der Waals surface area (Å²) in [4.78, 5) is 16.3. The first-order valence-electron chi connectivity index (χ1n) is 11.4. The lowest BCUT2D eigenvalue weighted by Crippen LogP contribution is -2.40. The summed E-state index contributed by atoms with van der Waals surface area (Å²) in [5.74, 6) is 0.139. The van der Waals surface area contributed by atoms with Crippen molar-refractivity contribution in [2.45, 2.75) is 31.8 Å². The third kappa shape index (κ3) is 3.23. The third-order valence-corrected chi connectivity index (χ3v) is 6.98. The van der Waals surface area contributed by atoms with Gasteiger partial charge in [0, 0.05) is 18.2 Å². The molecule has 0 saturated carbocycles. The highest BCUT2D eigenvalue weighted by molar-refractivity contribution is 6.03. The summed E-state index contributed by atoms with van der Waals surface area (Å²) in [5.41, 5.74) is 9.64. The second-order valence-corrected chi connectivity index (χ2v) is 8.92. The largest absolute Gasteiger partial charge is 0.331 e. The lowest BCUT2D eigenvalue weighted by atomic mass is 9.97. The quantitative estimate of drug-likeness (QED) is 0.349. The molecule has 32 heavy (non-hydrogen) atoms. The number of rotatable bonds is 4. The van der Waals surface area contributed by atoms with Crippen LogP contribution < -0.4 is 0 Å². The molecule has 0 bridgehead atoms. The number of amides is 1. The lowest BCUT2D eigenvalue weighted by Gasteiger charge is -2.30. The van der Waals surface area contributed by atoms with Crippen LogP contribution in [0.3, 0.4) is 0 Å². The van der Waals surface area contributed by atoms with Gasteiger partial charge in [0.05, 0.1) is 0 Å². The number of carbonyl (C=O) groups excluding carboxylic acids is 1. The number of benzene rings is 4. The molecule has 2 aliphatic carbocycles. The van der Waals surface area contributed by atoms with Crippen molar-refractivity contribution in [2.24, 2.45) is 0 Å². The fraction of sp³-hybridized carbons (Fsp3) is 0.167. The SMILES string of the molecule is O=C(c1cccc2c1-c1ccccc1C2)N(Cc1ccccc1)C1Cc2ccccc2C1. The minimum Gasteiger partial charge on any atom is -0.331 e. The van der Waals surface area contributed by atoms with Crippen LogP contribution in [0, 0.1) is 0 Å². The summed E-state index contributed by atoms with van der Waals surface area (Å²) in [5, 5.41) is 0. The first kappa shape index (κ1) is 19.1. The average Bonchev–Trinajstić information content (AvgIpc) is 3.44. The van der Waals surface area contributed by atoms with E-state index in [0.717, 1.165) is 30.4 Å². The predicted molar refractivity (Wildman–Crippen MR) is 129 cm³/mol. The topological polar surface area (TPSA) is 20.3 Å². The average molecular weight is 416 g/mol. The van der Waals surface area contributed by atoms with Gasteiger partial charge >= 0.3 is 0 Å². The van der Waals surface area contributed by atoms with Gasteiger partial charge in [-0.3, -0.25) is 4.79 Å². The fourth-order valence-corrected chi connectivity index (χ4v) is 5.42. The van der Waals surface area contributed by atoms with Crippen molar-refractivity contribution in [3.63, 3.8) is 0 Å². The van der Waals surface area contributed by atoms with Crippen LogP contribution in [0.1, 0.15) is 38.2 Å². The van der Waals surface area contributed by atoms with Crippen LogP contribution in [0.4, 0.5) is 0 Å². The molecule has 1 amide bonds. The molecule has 2 heteroatoms. The van der Waals surface area contributed by atoms with E-state index in [9.17, 15) is 4.79 Å². The number of hydrogen-bond donors (Lipinski definition) is 0. The van der Waals surface area contributed by atoms with E-state index in [1.807, 2.05) is 18.2 Å². The Morgan fingerprint density at radius 3 is 2.06 bits per heavy atom. The fourth-order valence-electron chi connectivity index (χ4n) is 5.42. The highest BCUT2D eigenvalue weighted by Crippen LogP contribution is 2.40. The molecule has 0 aliphatic heterocycles. The van der Waals surface area contributed by atoms with Crippen molar-refractivity contribution in [1.29, 1.82) is 0 Å². The Morgan fingerprint density at radius 2 is 1.31 bits per heavy atom. The summed E-state index contributed by atoms with van der Waals surface area (Å²) in [6.07, 6.45) is 2.74. The van der Waals surface area contributed by atoms with Crippen molar-refractivity contribution in [1.82, 2.24) is 4.90 Å². The molecule has 0 atom stereocenters. The Bertz CT molecular complexity index is 1280. The van der Waals surface area contributed by atoms with Gasteiger partial charge in [-0.1, -0.05) is 91.0 Å². The van der Waals surface area contributed by atoms with Crippen molar-refractivity contribution in [2.75, 3.05) is 0 Å². The molecule has 0 N–H and O–H groups in total. The molecule has 0 saturated heterocycles. The molecular formula is C30H25NO. The molecule has 2 aliphatic rings. The van der Waals surface area contributed by atoms with Gasteiger partial charge in [0.1, 0.15) is 0 Å². The van der Waals surface area contributed by atoms with Crippen LogP contribution in [-0.4, -0.2) is 16.8 Å². The first-order valence-corrected chi connectivity index (χ1v) is 11.4. The molecule has 156 valence electrons. The molecule has 6 rings (SSSR count). The highest BCUT2D eigenvalue weighted by Gasteiger charge is 2.33. The summed E-state index contributed by atoms with van der Waals surface area (Å²) >= 11 is 0. The Labute approximate surface area is 189 Å². The highest BCUT2D eigenvalue weighted by atomic mass is 16.2. The summed E-state index contributed by atoms with van der Waals surface area (Å²) in [6, 6.07) is 33.9. The predicted octanol–water partition coefficient (Wildman–Crippen LogP) is 6.07. The standard InChI is InChI=1S/C30H25NO/c32-30(28-16-8-14-25-17-24-13-6-7-15-27(24)29(25)28)31(20-21-9-2-1-3-10-21)26-18-22-11-4-5-12-23(22)19-26/h1-16,26H,17-20H2. The first-order chi connectivity index (χ1) is 15.8. The summed E-state index contributed by atoms with van der Waals surface area (Å²) in [7, 11) is 0. The molecule has 0 aromatic heterocycles. The van der Waals surface area contributed by atoms with Crippen LogP contribution in [0.25, 0.3) is 11.1 Å². The molecule has 4 aromatic rings. The minimum absolute atomic E-state index is 0.139. The molecular weight excluding hydrogens is 390 g/mol. The van der Waals surface area contributed by atoms with E-state index >= 15 is 0 Å². The van der Waals surface area contributed by atoms with Gasteiger partial charge in [-0.05, 0) is 64.3 Å². The van der Waals surface area contributed by atoms with E-state index in [2.05, 4.69) is 83.8 Å². The summed E-state index contributed by atoms with van der Waals surface area (Å²) in [6.45, 7) is 0.629. The maximum absolute atomic E-state index is 14.2. The van der Waals surface area contributed by atoms with E-state index in [-0.39, 0.29) is 11.9 Å². The maximum atomic E-state index is 14.2. The zero-order valence-corrected chi connectivity index (χ0v) is 18.0. The molecule has 0 heterocycles. The van der Waals surface area contributed by atoms with Gasteiger partial charge in [0.2, 0.25) is 0 Å². The number of fused-ring (bicyclic) bond motifs is 4. The number of hydrogen-bond acceptors (Lipinski definition) is 1. The Kier molecular flexibility index (Phi) is 4.65. The lowest BCUT2D eigenvalue weighted by molar-refractivity contribution is 0.0668. The Hall–Kier alpha value is -3.65. The molecule has 0 radical (unpaired) electrons. The van der Waals surface area contributed by atoms with E-state index in [1.54, 1.807) is 0 Å². The van der Waals surface area contributed by atoms with E-state index in [1.165, 1.54) is 33.4 Å². The second kappa shape index (κ2) is 7.80. The normalized spacial score (nSPS) is 14.0. The second-order valence-electron chi connectivity index (χ2n) is 8.92. The van der Waals surface area contributed by atoms with Gasteiger partial charge in [-0.25, -0.2) is 0 Å². The van der Waals surface area contributed by atoms with Crippen LogP contribution in [-0.2, 0) is 25.8 Å². The van der Waals surface area contributed by atoms with Gasteiger partial charge < -0.3 is 4.90 Å². The van der Waals surface area contributed by atoms with E-state index in [4.69, 9.17) is 0 Å². The molecule has 2 nitrogen and oxygen atoms in total. The van der Waals surface area contributed by atoms with Gasteiger partial charge in [0.15, 0.2) is 0 Å². The zero-order valence-electron chi connectivity index (χ0n) is 18.0. The van der Waals surface area contributed by atoms with Crippen molar-refractivity contribution in [3.8, 4) is 11.1 Å².